The van der Waals surface area contributed by atoms with Gasteiger partial charge in [-0.3, -0.25) is 0 Å². The highest BCUT2D eigenvalue weighted by molar-refractivity contribution is 9.10. The van der Waals surface area contributed by atoms with Crippen molar-refractivity contribution in [3.63, 3.8) is 0 Å². The lowest BCUT2D eigenvalue weighted by atomic mass is 10.0. The Morgan fingerprint density at radius 2 is 1.95 bits per heavy atom. The number of hydrogen-bond acceptors (Lipinski definition) is 2. The number of aromatic nitrogens is 2. The summed E-state index contributed by atoms with van der Waals surface area (Å²) in [6.45, 7) is 7.73. The summed E-state index contributed by atoms with van der Waals surface area (Å²) in [5, 5.41) is 7.71. The third-order valence-electron chi connectivity index (χ3n) is 3.64. The van der Waals surface area contributed by atoms with Crippen LogP contribution in [0.1, 0.15) is 35.5 Å². The number of nitrogens with zero attached hydrogens (tertiary/aromatic N) is 2. The van der Waals surface area contributed by atoms with Crippen LogP contribution in [-0.2, 0) is 0 Å². The van der Waals surface area contributed by atoms with Crippen molar-refractivity contribution in [1.29, 1.82) is 0 Å². The van der Waals surface area contributed by atoms with E-state index in [4.69, 9.17) is 0 Å². The third kappa shape index (κ3) is 2.52. The minimum atomic E-state index is -0.188. The minimum Gasteiger partial charge on any atom is -0.313 e. The highest BCUT2D eigenvalue weighted by atomic mass is 79.9. The van der Waals surface area contributed by atoms with E-state index in [1.165, 1.54) is 0 Å². The molecule has 0 fully saturated rings. The van der Waals surface area contributed by atoms with Gasteiger partial charge in [0.15, 0.2) is 0 Å². The number of hydrogen-bond donors (Lipinski definition) is 1. The van der Waals surface area contributed by atoms with Crippen LogP contribution in [-0.4, -0.2) is 16.8 Å². The summed E-state index contributed by atoms with van der Waals surface area (Å²) in [5.41, 5.74) is 4.37. The maximum Gasteiger partial charge on any atom is 0.126 e. The zero-order chi connectivity index (χ0) is 15.0. The zero-order valence-corrected chi connectivity index (χ0v) is 14.0. The molecule has 0 spiro atoms. The number of halogens is 2. The average Bonchev–Trinajstić information content (AvgIpc) is 2.68. The first-order valence-electron chi connectivity index (χ1n) is 6.56. The molecule has 5 heteroatoms. The maximum atomic E-state index is 13.9. The Labute approximate surface area is 127 Å². The predicted molar refractivity (Wildman–Crippen MR) is 82.9 cm³/mol. The molecule has 0 aliphatic rings. The van der Waals surface area contributed by atoms with Gasteiger partial charge in [-0.2, -0.15) is 5.10 Å². The summed E-state index contributed by atoms with van der Waals surface area (Å²) < 4.78 is 16.7. The smallest absolute Gasteiger partial charge is 0.126 e. The standard InChI is InChI=1S/C15H19BrFN3/c1-8-6-14(12(7-13(8)17)9(2)18-5)20-11(4)15(16)10(3)19-20/h6-7,9,18H,1-5H3. The van der Waals surface area contributed by atoms with Gasteiger partial charge in [0, 0.05) is 6.04 Å². The number of nitrogens with one attached hydrogen (secondary N) is 1. The van der Waals surface area contributed by atoms with Crippen molar-refractivity contribution in [2.24, 2.45) is 0 Å². The normalized spacial score (nSPS) is 12.8. The summed E-state index contributed by atoms with van der Waals surface area (Å²) in [4.78, 5) is 0. The molecular formula is C15H19BrFN3. The molecule has 1 unspecified atom stereocenters. The number of rotatable bonds is 3. The molecule has 1 aromatic carbocycles. The lowest BCUT2D eigenvalue weighted by Crippen LogP contribution is -2.16. The van der Waals surface area contributed by atoms with E-state index in [1.54, 1.807) is 13.0 Å². The molecule has 1 atom stereocenters. The van der Waals surface area contributed by atoms with Crippen molar-refractivity contribution in [2.45, 2.75) is 33.7 Å². The van der Waals surface area contributed by atoms with Gasteiger partial charge in [-0.05, 0) is 73.9 Å². The molecule has 2 rings (SSSR count). The summed E-state index contributed by atoms with van der Waals surface area (Å²) in [7, 11) is 1.86. The van der Waals surface area contributed by atoms with Crippen LogP contribution in [0, 0.1) is 26.6 Å². The molecule has 1 aromatic heterocycles. The quantitative estimate of drug-likeness (QED) is 0.916. The van der Waals surface area contributed by atoms with E-state index in [0.29, 0.717) is 5.56 Å². The molecule has 0 saturated carbocycles. The summed E-state index contributed by atoms with van der Waals surface area (Å²) >= 11 is 3.54. The minimum absolute atomic E-state index is 0.0442. The molecule has 20 heavy (non-hydrogen) atoms. The lowest BCUT2D eigenvalue weighted by molar-refractivity contribution is 0.596. The third-order valence-corrected chi connectivity index (χ3v) is 4.79. The first-order valence-corrected chi connectivity index (χ1v) is 7.35. The Morgan fingerprint density at radius 1 is 1.30 bits per heavy atom. The van der Waals surface area contributed by atoms with Crippen LogP contribution >= 0.6 is 15.9 Å². The topological polar surface area (TPSA) is 29.9 Å². The second-order valence-electron chi connectivity index (χ2n) is 5.07. The van der Waals surface area contributed by atoms with Crippen LogP contribution in [0.4, 0.5) is 4.39 Å². The summed E-state index contributed by atoms with van der Waals surface area (Å²) in [5.74, 6) is -0.188. The van der Waals surface area contributed by atoms with Crippen molar-refractivity contribution < 1.29 is 4.39 Å². The lowest BCUT2D eigenvalue weighted by Gasteiger charge is -2.18. The van der Waals surface area contributed by atoms with Gasteiger partial charge in [0.2, 0.25) is 0 Å². The van der Waals surface area contributed by atoms with E-state index >= 15 is 0 Å². The second kappa shape index (κ2) is 5.66. The van der Waals surface area contributed by atoms with Crippen LogP contribution in [0.25, 0.3) is 5.69 Å². The van der Waals surface area contributed by atoms with Crippen molar-refractivity contribution in [3.05, 3.63) is 44.9 Å². The molecule has 1 heterocycles. The molecule has 3 nitrogen and oxygen atoms in total. The van der Waals surface area contributed by atoms with Gasteiger partial charge in [-0.1, -0.05) is 0 Å². The first-order chi connectivity index (χ1) is 9.36. The Bertz CT molecular complexity index is 649. The Hall–Kier alpha value is -1.20. The van der Waals surface area contributed by atoms with E-state index < -0.39 is 0 Å². The van der Waals surface area contributed by atoms with E-state index in [0.717, 1.165) is 27.1 Å². The van der Waals surface area contributed by atoms with Crippen LogP contribution < -0.4 is 5.32 Å². The van der Waals surface area contributed by atoms with Crippen LogP contribution in [0.2, 0.25) is 0 Å². The Kier molecular flexibility index (Phi) is 4.30. The fourth-order valence-corrected chi connectivity index (χ4v) is 2.47. The van der Waals surface area contributed by atoms with E-state index in [2.05, 4.69) is 26.3 Å². The average molecular weight is 340 g/mol. The van der Waals surface area contributed by atoms with Gasteiger partial charge in [-0.25, -0.2) is 9.07 Å². The maximum absolute atomic E-state index is 13.9. The van der Waals surface area contributed by atoms with Gasteiger partial charge in [0.25, 0.3) is 0 Å². The largest absolute Gasteiger partial charge is 0.313 e. The van der Waals surface area contributed by atoms with Crippen molar-refractivity contribution in [1.82, 2.24) is 15.1 Å². The molecule has 108 valence electrons. The van der Waals surface area contributed by atoms with E-state index in [1.807, 2.05) is 38.6 Å². The van der Waals surface area contributed by atoms with Gasteiger partial charge in [0.05, 0.1) is 21.5 Å². The van der Waals surface area contributed by atoms with Crippen molar-refractivity contribution in [2.75, 3.05) is 7.05 Å². The SMILES string of the molecule is CNC(C)c1cc(F)c(C)cc1-n1nc(C)c(Br)c1C. The van der Waals surface area contributed by atoms with Gasteiger partial charge in [-0.15, -0.1) is 0 Å². The van der Waals surface area contributed by atoms with Crippen LogP contribution in [0.15, 0.2) is 16.6 Å². The van der Waals surface area contributed by atoms with Crippen molar-refractivity contribution in [3.8, 4) is 5.69 Å². The van der Waals surface area contributed by atoms with Crippen LogP contribution in [0.5, 0.6) is 0 Å². The molecule has 0 aliphatic heterocycles. The van der Waals surface area contributed by atoms with Crippen LogP contribution in [0.3, 0.4) is 0 Å². The van der Waals surface area contributed by atoms with Gasteiger partial charge in [0.1, 0.15) is 5.82 Å². The monoisotopic (exact) mass is 339 g/mol. The fourth-order valence-electron chi connectivity index (χ4n) is 2.23. The van der Waals surface area contributed by atoms with Crippen molar-refractivity contribution >= 4 is 15.9 Å². The number of benzene rings is 1. The number of aryl methyl sites for hydroxylation is 2. The highest BCUT2D eigenvalue weighted by Gasteiger charge is 2.18. The molecule has 0 bridgehead atoms. The summed E-state index contributed by atoms with van der Waals surface area (Å²) in [6.07, 6.45) is 0. The highest BCUT2D eigenvalue weighted by Crippen LogP contribution is 2.29. The molecule has 0 aliphatic carbocycles. The first kappa shape index (κ1) is 15.2. The Balaban J connectivity index is 2.71. The van der Waals surface area contributed by atoms with E-state index in [-0.39, 0.29) is 11.9 Å². The molecule has 2 aromatic rings. The second-order valence-corrected chi connectivity index (χ2v) is 5.86. The predicted octanol–water partition coefficient (Wildman–Crippen LogP) is 3.98. The zero-order valence-electron chi connectivity index (χ0n) is 12.4. The molecular weight excluding hydrogens is 321 g/mol. The van der Waals surface area contributed by atoms with Gasteiger partial charge >= 0.3 is 0 Å². The molecule has 1 N–H and O–H groups in total. The summed E-state index contributed by atoms with van der Waals surface area (Å²) in [6, 6.07) is 3.49. The molecule has 0 saturated heterocycles. The van der Waals surface area contributed by atoms with Gasteiger partial charge < -0.3 is 5.32 Å². The molecule has 0 radical (unpaired) electrons. The Morgan fingerprint density at radius 3 is 2.45 bits per heavy atom. The van der Waals surface area contributed by atoms with E-state index in [9.17, 15) is 4.39 Å². The molecule has 0 amide bonds. The fraction of sp³-hybridized carbons (Fsp3) is 0.400.